The first-order valence-electron chi connectivity index (χ1n) is 5.32. The van der Waals surface area contributed by atoms with E-state index in [2.05, 4.69) is 30.2 Å². The first kappa shape index (κ1) is 12.9. The first-order valence-corrected chi connectivity index (χ1v) is 6.72. The molecule has 1 unspecified atom stereocenters. The molecule has 0 amide bonds. The molecule has 0 fully saturated rings. The van der Waals surface area contributed by atoms with E-state index in [0.717, 1.165) is 22.6 Å². The zero-order valence-electron chi connectivity index (χ0n) is 10.3. The summed E-state index contributed by atoms with van der Waals surface area (Å²) >= 11 is 1.82. The standard InChI is InChI=1S/C13H18N2S/c1-10-5-6-13(12(7-10)8-14)15(3)11(2)9-16-4/h5-7,11H,9H2,1-4H3. The van der Waals surface area contributed by atoms with Crippen molar-refractivity contribution in [3.63, 3.8) is 0 Å². The molecule has 16 heavy (non-hydrogen) atoms. The summed E-state index contributed by atoms with van der Waals surface area (Å²) in [7, 11) is 2.05. The number of hydrogen-bond acceptors (Lipinski definition) is 3. The molecule has 0 saturated heterocycles. The van der Waals surface area contributed by atoms with Gasteiger partial charge < -0.3 is 4.90 Å². The van der Waals surface area contributed by atoms with Crippen molar-refractivity contribution in [2.24, 2.45) is 0 Å². The molecule has 0 aliphatic carbocycles. The van der Waals surface area contributed by atoms with Crippen molar-refractivity contribution >= 4 is 17.4 Å². The van der Waals surface area contributed by atoms with Gasteiger partial charge >= 0.3 is 0 Å². The lowest BCUT2D eigenvalue weighted by Gasteiger charge is -2.27. The number of anilines is 1. The maximum absolute atomic E-state index is 9.12. The summed E-state index contributed by atoms with van der Waals surface area (Å²) in [5, 5.41) is 9.12. The maximum Gasteiger partial charge on any atom is 0.101 e. The highest BCUT2D eigenvalue weighted by Gasteiger charge is 2.12. The molecule has 0 radical (unpaired) electrons. The lowest BCUT2D eigenvalue weighted by Crippen LogP contribution is -2.31. The summed E-state index contributed by atoms with van der Waals surface area (Å²) in [6, 6.07) is 8.73. The second kappa shape index (κ2) is 5.81. The highest BCUT2D eigenvalue weighted by molar-refractivity contribution is 7.98. The van der Waals surface area contributed by atoms with Crippen molar-refractivity contribution in [1.29, 1.82) is 5.26 Å². The number of nitrogens with zero attached hydrogens (tertiary/aromatic N) is 2. The van der Waals surface area contributed by atoms with E-state index in [1.807, 2.05) is 37.9 Å². The Bertz CT molecular complexity index is 395. The van der Waals surface area contributed by atoms with Crippen LogP contribution in [0.25, 0.3) is 0 Å². The minimum atomic E-state index is 0.435. The van der Waals surface area contributed by atoms with Crippen LogP contribution >= 0.6 is 11.8 Å². The van der Waals surface area contributed by atoms with Crippen LogP contribution in [0.3, 0.4) is 0 Å². The van der Waals surface area contributed by atoms with Gasteiger partial charge in [0.2, 0.25) is 0 Å². The fraction of sp³-hybridized carbons (Fsp3) is 0.462. The van der Waals surface area contributed by atoms with Crippen LogP contribution in [0.1, 0.15) is 18.1 Å². The lowest BCUT2D eigenvalue weighted by atomic mass is 10.1. The highest BCUT2D eigenvalue weighted by Crippen LogP contribution is 2.22. The molecule has 0 aliphatic rings. The third kappa shape index (κ3) is 2.93. The predicted octanol–water partition coefficient (Wildman–Crippen LogP) is 3.05. The molecule has 0 spiro atoms. The van der Waals surface area contributed by atoms with Gasteiger partial charge in [-0.25, -0.2) is 0 Å². The van der Waals surface area contributed by atoms with Crippen LogP contribution in [0, 0.1) is 18.3 Å². The van der Waals surface area contributed by atoms with Crippen LogP contribution in [-0.2, 0) is 0 Å². The average molecular weight is 234 g/mol. The second-order valence-corrected chi connectivity index (χ2v) is 4.96. The van der Waals surface area contributed by atoms with Gasteiger partial charge in [0.1, 0.15) is 6.07 Å². The van der Waals surface area contributed by atoms with E-state index >= 15 is 0 Å². The predicted molar refractivity (Wildman–Crippen MR) is 72.1 cm³/mol. The van der Waals surface area contributed by atoms with Gasteiger partial charge in [-0.3, -0.25) is 0 Å². The Hall–Kier alpha value is -1.14. The SMILES string of the molecule is CSCC(C)N(C)c1ccc(C)cc1C#N. The molecular formula is C13H18N2S. The lowest BCUT2D eigenvalue weighted by molar-refractivity contribution is 0.764. The topological polar surface area (TPSA) is 27.0 Å². The average Bonchev–Trinajstić information content (AvgIpc) is 2.28. The molecule has 0 bridgehead atoms. The van der Waals surface area contributed by atoms with Crippen molar-refractivity contribution in [1.82, 2.24) is 0 Å². The number of rotatable bonds is 4. The van der Waals surface area contributed by atoms with Crippen LogP contribution in [0.2, 0.25) is 0 Å². The Morgan fingerprint density at radius 2 is 2.19 bits per heavy atom. The van der Waals surface area contributed by atoms with E-state index in [9.17, 15) is 0 Å². The Kier molecular flexibility index (Phi) is 4.70. The third-order valence-electron chi connectivity index (χ3n) is 2.72. The van der Waals surface area contributed by atoms with E-state index in [-0.39, 0.29) is 0 Å². The fourth-order valence-electron chi connectivity index (χ4n) is 1.64. The number of aryl methyl sites for hydroxylation is 1. The van der Waals surface area contributed by atoms with Gasteiger partial charge in [-0.05, 0) is 37.8 Å². The summed E-state index contributed by atoms with van der Waals surface area (Å²) in [4.78, 5) is 2.18. The second-order valence-electron chi connectivity index (χ2n) is 4.05. The van der Waals surface area contributed by atoms with Gasteiger partial charge in [0.25, 0.3) is 0 Å². The maximum atomic E-state index is 9.12. The minimum absolute atomic E-state index is 0.435. The van der Waals surface area contributed by atoms with Gasteiger partial charge in [-0.2, -0.15) is 17.0 Å². The molecule has 0 heterocycles. The molecule has 1 aromatic rings. The molecule has 86 valence electrons. The summed E-state index contributed by atoms with van der Waals surface area (Å²) in [5.41, 5.74) is 2.91. The van der Waals surface area contributed by atoms with E-state index < -0.39 is 0 Å². The third-order valence-corrected chi connectivity index (χ3v) is 3.54. The molecule has 1 aromatic carbocycles. The van der Waals surface area contributed by atoms with Crippen LogP contribution in [-0.4, -0.2) is 25.1 Å². The summed E-state index contributed by atoms with van der Waals surface area (Å²) in [6.45, 7) is 4.19. The van der Waals surface area contributed by atoms with Crippen molar-refractivity contribution in [2.45, 2.75) is 19.9 Å². The summed E-state index contributed by atoms with van der Waals surface area (Å²) < 4.78 is 0. The molecule has 0 saturated carbocycles. The Morgan fingerprint density at radius 1 is 1.50 bits per heavy atom. The fourth-order valence-corrected chi connectivity index (χ4v) is 2.34. The van der Waals surface area contributed by atoms with Crippen molar-refractivity contribution in [2.75, 3.05) is 24.0 Å². The highest BCUT2D eigenvalue weighted by atomic mass is 32.2. The summed E-state index contributed by atoms with van der Waals surface area (Å²) in [5.74, 6) is 1.06. The zero-order chi connectivity index (χ0) is 12.1. The summed E-state index contributed by atoms with van der Waals surface area (Å²) in [6.07, 6.45) is 2.10. The number of nitriles is 1. The van der Waals surface area contributed by atoms with Crippen LogP contribution in [0.4, 0.5) is 5.69 Å². The smallest absolute Gasteiger partial charge is 0.101 e. The van der Waals surface area contributed by atoms with Crippen LogP contribution in [0.15, 0.2) is 18.2 Å². The van der Waals surface area contributed by atoms with E-state index in [4.69, 9.17) is 5.26 Å². The molecule has 2 nitrogen and oxygen atoms in total. The largest absolute Gasteiger partial charge is 0.370 e. The van der Waals surface area contributed by atoms with Crippen LogP contribution in [0.5, 0.6) is 0 Å². The minimum Gasteiger partial charge on any atom is -0.370 e. The van der Waals surface area contributed by atoms with Gasteiger partial charge in [0.15, 0.2) is 0 Å². The molecule has 0 N–H and O–H groups in total. The molecular weight excluding hydrogens is 216 g/mol. The number of benzene rings is 1. The van der Waals surface area contributed by atoms with Gasteiger partial charge in [0, 0.05) is 18.8 Å². The van der Waals surface area contributed by atoms with Crippen molar-refractivity contribution in [3.8, 4) is 6.07 Å². The molecule has 3 heteroatoms. The van der Waals surface area contributed by atoms with E-state index in [1.165, 1.54) is 0 Å². The molecule has 1 atom stereocenters. The molecule has 0 aliphatic heterocycles. The zero-order valence-corrected chi connectivity index (χ0v) is 11.1. The van der Waals surface area contributed by atoms with Gasteiger partial charge in [0.05, 0.1) is 11.3 Å². The number of hydrogen-bond donors (Lipinski definition) is 0. The van der Waals surface area contributed by atoms with Crippen molar-refractivity contribution < 1.29 is 0 Å². The quantitative estimate of drug-likeness (QED) is 0.801. The number of thioether (sulfide) groups is 1. The molecule has 0 aromatic heterocycles. The monoisotopic (exact) mass is 234 g/mol. The molecule has 1 rings (SSSR count). The van der Waals surface area contributed by atoms with Gasteiger partial charge in [-0.15, -0.1) is 0 Å². The van der Waals surface area contributed by atoms with Gasteiger partial charge in [-0.1, -0.05) is 6.07 Å². The Balaban J connectivity index is 2.99. The van der Waals surface area contributed by atoms with E-state index in [0.29, 0.717) is 6.04 Å². The normalized spacial score (nSPS) is 11.9. The Morgan fingerprint density at radius 3 is 2.75 bits per heavy atom. The van der Waals surface area contributed by atoms with Crippen LogP contribution < -0.4 is 4.90 Å². The van der Waals surface area contributed by atoms with Crippen molar-refractivity contribution in [3.05, 3.63) is 29.3 Å². The first-order chi connectivity index (χ1) is 7.60. The Labute approximate surface area is 102 Å². The van der Waals surface area contributed by atoms with E-state index in [1.54, 1.807) is 0 Å².